The minimum absolute atomic E-state index is 0.0326. The zero-order valence-electron chi connectivity index (χ0n) is 21.1. The third-order valence-electron chi connectivity index (χ3n) is 5.96. The Kier molecular flexibility index (Phi) is 8.89. The lowest BCUT2D eigenvalue weighted by molar-refractivity contribution is -0.137. The summed E-state index contributed by atoms with van der Waals surface area (Å²) in [6.45, 7) is 0.498. The van der Waals surface area contributed by atoms with E-state index in [-0.39, 0.29) is 33.9 Å². The van der Waals surface area contributed by atoms with Gasteiger partial charge in [0.25, 0.3) is 11.8 Å². The van der Waals surface area contributed by atoms with Gasteiger partial charge in [0.1, 0.15) is 11.8 Å². The lowest BCUT2D eigenvalue weighted by atomic mass is 9.98. The number of ether oxygens (including phenoxy) is 1. The number of anilines is 1. The van der Waals surface area contributed by atoms with Crippen LogP contribution in [-0.2, 0) is 23.9 Å². The van der Waals surface area contributed by atoms with Crippen molar-refractivity contribution in [1.29, 1.82) is 5.26 Å². The van der Waals surface area contributed by atoms with Crippen molar-refractivity contribution in [2.45, 2.75) is 19.1 Å². The summed E-state index contributed by atoms with van der Waals surface area (Å²) in [5, 5.41) is 22.7. The molecule has 10 nitrogen and oxygen atoms in total. The minimum atomic E-state index is -4.44. The zero-order chi connectivity index (χ0) is 30.6. The second-order valence-electron chi connectivity index (χ2n) is 8.80. The molecule has 0 aliphatic carbocycles. The summed E-state index contributed by atoms with van der Waals surface area (Å²) in [7, 11) is 0. The lowest BCUT2D eigenvalue weighted by Gasteiger charge is -2.29. The van der Waals surface area contributed by atoms with Crippen LogP contribution in [0.3, 0.4) is 0 Å². The molecule has 3 N–H and O–H groups in total. The molecule has 0 unspecified atom stereocenters. The summed E-state index contributed by atoms with van der Waals surface area (Å²) in [6.07, 6.45) is -5.62. The Bertz CT molecular complexity index is 1620. The van der Waals surface area contributed by atoms with Crippen molar-refractivity contribution in [2.24, 2.45) is 5.10 Å². The van der Waals surface area contributed by atoms with Gasteiger partial charge in [0.2, 0.25) is 5.71 Å². The van der Waals surface area contributed by atoms with Crippen molar-refractivity contribution in [3.63, 3.8) is 0 Å². The van der Waals surface area contributed by atoms with Crippen molar-refractivity contribution in [3.8, 4) is 17.6 Å². The fraction of sp³-hybridized carbons (Fsp3) is 0.148. The number of amides is 3. The van der Waals surface area contributed by atoms with E-state index in [1.807, 2.05) is 0 Å². The number of nitriles is 1. The number of nitrogens with zero attached hydrogens (tertiary/aromatic N) is 3. The molecule has 3 aromatic carbocycles. The van der Waals surface area contributed by atoms with Crippen LogP contribution in [0, 0.1) is 11.3 Å². The highest BCUT2D eigenvalue weighted by molar-refractivity contribution is 6.46. The van der Waals surface area contributed by atoms with Gasteiger partial charge < -0.3 is 14.7 Å². The molecule has 1 aliphatic heterocycles. The molecule has 0 fully saturated rings. The van der Waals surface area contributed by atoms with E-state index in [1.165, 1.54) is 35.7 Å². The zero-order valence-corrected chi connectivity index (χ0v) is 22.6. The Morgan fingerprint density at radius 1 is 1.10 bits per heavy atom. The van der Waals surface area contributed by atoms with Gasteiger partial charge in [-0.05, 0) is 60.0 Å². The van der Waals surface area contributed by atoms with Gasteiger partial charge in [0, 0.05) is 18.7 Å². The second kappa shape index (κ2) is 12.4. The first-order valence-corrected chi connectivity index (χ1v) is 12.6. The third kappa shape index (κ3) is 7.09. The highest BCUT2D eigenvalue weighted by Gasteiger charge is 2.30. The Hall–Kier alpha value is -4.80. The van der Waals surface area contributed by atoms with E-state index in [0.717, 1.165) is 12.1 Å². The molecule has 1 aliphatic rings. The number of alkyl halides is 3. The predicted octanol–water partition coefficient (Wildman–Crippen LogP) is 6.09. The molecule has 0 spiro atoms. The number of hydrazone groups is 1. The van der Waals surface area contributed by atoms with Gasteiger partial charge in [-0.25, -0.2) is 4.79 Å². The molecular formula is C27H18Cl2F3N5O5. The summed E-state index contributed by atoms with van der Waals surface area (Å²) < 4.78 is 44.4. The van der Waals surface area contributed by atoms with Gasteiger partial charge in [-0.15, -0.1) is 0 Å². The number of benzene rings is 3. The summed E-state index contributed by atoms with van der Waals surface area (Å²) in [5.41, 5.74) is 2.73. The molecular weight excluding hydrogens is 602 g/mol. The first-order valence-electron chi connectivity index (χ1n) is 11.9. The fourth-order valence-electron chi connectivity index (χ4n) is 3.99. The van der Waals surface area contributed by atoms with Crippen LogP contribution in [0.4, 0.5) is 23.7 Å². The number of nitrogens with one attached hydrogen (secondary N) is 2. The van der Waals surface area contributed by atoms with Crippen LogP contribution in [0.1, 0.15) is 27.0 Å². The number of rotatable bonds is 7. The number of hydrogen-bond donors (Lipinski definition) is 3. The number of halogens is 5. The maximum atomic E-state index is 13.1. The number of hydrogen-bond acceptors (Lipinski definition) is 7. The summed E-state index contributed by atoms with van der Waals surface area (Å²) in [6, 6.07) is 13.6. The van der Waals surface area contributed by atoms with Crippen LogP contribution >= 0.6 is 23.2 Å². The molecule has 4 rings (SSSR count). The maximum absolute atomic E-state index is 13.1. The molecule has 0 saturated carbocycles. The van der Waals surface area contributed by atoms with Crippen molar-refractivity contribution in [2.75, 3.05) is 12.0 Å². The molecule has 216 valence electrons. The smallest absolute Gasteiger partial charge is 0.416 e. The quantitative estimate of drug-likeness (QED) is 0.214. The molecule has 42 heavy (non-hydrogen) atoms. The lowest BCUT2D eigenvalue weighted by Crippen LogP contribution is -2.37. The van der Waals surface area contributed by atoms with Gasteiger partial charge in [0.05, 0.1) is 21.3 Å². The Morgan fingerprint density at radius 2 is 1.76 bits per heavy atom. The summed E-state index contributed by atoms with van der Waals surface area (Å²) >= 11 is 12.6. The van der Waals surface area contributed by atoms with Crippen LogP contribution < -0.4 is 15.5 Å². The van der Waals surface area contributed by atoms with E-state index in [1.54, 1.807) is 23.1 Å². The van der Waals surface area contributed by atoms with Crippen LogP contribution in [0.25, 0.3) is 0 Å². The number of carbonyl (C=O) groups excluding carboxylic acids is 2. The first-order chi connectivity index (χ1) is 19.8. The molecule has 0 bridgehead atoms. The average Bonchev–Trinajstić information content (AvgIpc) is 2.92. The molecule has 0 aromatic heterocycles. The number of carbonyl (C=O) groups is 3. The monoisotopic (exact) mass is 619 g/mol. The normalized spacial score (nSPS) is 13.2. The van der Waals surface area contributed by atoms with Crippen LogP contribution in [0.2, 0.25) is 10.0 Å². The predicted molar refractivity (Wildman–Crippen MR) is 146 cm³/mol. The molecule has 15 heteroatoms. The molecule has 1 heterocycles. The molecule has 3 amide bonds. The molecule has 0 saturated heterocycles. The van der Waals surface area contributed by atoms with Crippen molar-refractivity contribution < 1.29 is 37.4 Å². The van der Waals surface area contributed by atoms with E-state index in [9.17, 15) is 27.6 Å². The van der Waals surface area contributed by atoms with Gasteiger partial charge in [0.15, 0.2) is 5.75 Å². The number of carboxylic acid groups (broad SMARTS) is 1. The van der Waals surface area contributed by atoms with Crippen molar-refractivity contribution >= 4 is 52.5 Å². The topological polar surface area (TPSA) is 144 Å². The SMILES string of the molecule is N#CC(=NNc1cc(Cl)c(Oc2ccc3c(c2)CCN(Cc2ccc(C(F)(F)F)cc2)C3=O)c(Cl)c1)C(=O)NC(=O)O. The van der Waals surface area contributed by atoms with E-state index in [0.29, 0.717) is 35.4 Å². The Morgan fingerprint density at radius 3 is 2.36 bits per heavy atom. The third-order valence-corrected chi connectivity index (χ3v) is 6.52. The van der Waals surface area contributed by atoms with Crippen LogP contribution in [-0.4, -0.2) is 40.2 Å². The van der Waals surface area contributed by atoms with Gasteiger partial charge >= 0.3 is 12.3 Å². The first kappa shape index (κ1) is 30.2. The highest BCUT2D eigenvalue weighted by Crippen LogP contribution is 2.39. The van der Waals surface area contributed by atoms with E-state index in [2.05, 4.69) is 10.5 Å². The fourth-order valence-corrected chi connectivity index (χ4v) is 4.55. The van der Waals surface area contributed by atoms with Gasteiger partial charge in [-0.1, -0.05) is 35.3 Å². The second-order valence-corrected chi connectivity index (χ2v) is 9.62. The molecule has 0 atom stereocenters. The minimum Gasteiger partial charge on any atom is -0.465 e. The number of fused-ring (bicyclic) bond motifs is 1. The summed E-state index contributed by atoms with van der Waals surface area (Å²) in [5.74, 6) is -1.10. The van der Waals surface area contributed by atoms with Crippen LogP contribution in [0.15, 0.2) is 59.7 Å². The van der Waals surface area contributed by atoms with E-state index in [4.69, 9.17) is 38.3 Å². The Labute approximate surface area is 245 Å². The van der Waals surface area contributed by atoms with Crippen molar-refractivity contribution in [3.05, 3.63) is 86.9 Å². The number of imide groups is 1. The van der Waals surface area contributed by atoms with E-state index < -0.39 is 29.5 Å². The van der Waals surface area contributed by atoms with Crippen molar-refractivity contribution in [1.82, 2.24) is 10.2 Å². The maximum Gasteiger partial charge on any atom is 0.416 e. The van der Waals surface area contributed by atoms with Gasteiger partial charge in [-0.2, -0.15) is 23.5 Å². The largest absolute Gasteiger partial charge is 0.465 e. The van der Waals surface area contributed by atoms with Crippen LogP contribution in [0.5, 0.6) is 11.5 Å². The Balaban J connectivity index is 1.45. The van der Waals surface area contributed by atoms with Gasteiger partial charge in [-0.3, -0.25) is 20.3 Å². The molecule has 3 aromatic rings. The summed E-state index contributed by atoms with van der Waals surface area (Å²) in [4.78, 5) is 36.8. The standard InChI is InChI=1S/C27H18Cl2F3N5O5/c28-20-10-17(35-36-22(12-33)24(38)34-26(40)41)11-21(29)23(20)42-18-5-6-19-15(9-18)7-8-37(25(19)39)13-14-1-3-16(4-2-14)27(30,31)32/h1-6,9-11,35H,7-8,13H2,(H,34,38)(H,40,41). The highest BCUT2D eigenvalue weighted by atomic mass is 35.5. The van der Waals surface area contributed by atoms with E-state index >= 15 is 0 Å². The average molecular weight is 620 g/mol. The molecule has 0 radical (unpaired) electrons.